The number of nitrogens with zero attached hydrogens (tertiary/aromatic N) is 2. The topological polar surface area (TPSA) is 80.3 Å². The molecule has 1 N–H and O–H groups in total. The lowest BCUT2D eigenvalue weighted by atomic mass is 10.2. The van der Waals surface area contributed by atoms with Crippen LogP contribution in [0.1, 0.15) is 9.67 Å². The molecule has 3 aliphatic rings. The van der Waals surface area contributed by atoms with Gasteiger partial charge >= 0.3 is 6.09 Å². The van der Waals surface area contributed by atoms with Crippen molar-refractivity contribution in [2.75, 3.05) is 54.3 Å². The highest BCUT2D eigenvalue weighted by atomic mass is 35.5. The van der Waals surface area contributed by atoms with E-state index in [0.717, 1.165) is 11.5 Å². The summed E-state index contributed by atoms with van der Waals surface area (Å²) < 4.78 is 32.0. The van der Waals surface area contributed by atoms with Crippen molar-refractivity contribution in [3.8, 4) is 0 Å². The minimum Gasteiger partial charge on any atom is -0.442 e. The Kier molecular flexibility index (Phi) is 5.93. The Labute approximate surface area is 194 Å². The van der Waals surface area contributed by atoms with Crippen molar-refractivity contribution in [2.24, 2.45) is 0 Å². The van der Waals surface area contributed by atoms with E-state index in [9.17, 15) is 14.0 Å². The first-order valence-corrected chi connectivity index (χ1v) is 13.1. The van der Waals surface area contributed by atoms with Crippen molar-refractivity contribution in [2.45, 2.75) is 6.10 Å². The fraction of sp³-hybridized carbons (Fsp3) is 0.400. The summed E-state index contributed by atoms with van der Waals surface area (Å²) in [6.45, 7) is 2.05. The smallest absolute Gasteiger partial charge is 0.414 e. The minimum absolute atomic E-state index is 0.152. The minimum atomic E-state index is -1.38. The predicted octanol–water partition coefficient (Wildman–Crippen LogP) is 3.75. The van der Waals surface area contributed by atoms with Crippen LogP contribution < -0.4 is 15.1 Å². The average molecular weight is 502 g/mol. The first kappa shape index (κ1) is 21.8. The van der Waals surface area contributed by atoms with Crippen LogP contribution >= 0.6 is 33.5 Å². The Bertz CT molecular complexity index is 1040. The second kappa shape index (κ2) is 8.71. The molecule has 3 aliphatic heterocycles. The number of carbonyl (C=O) groups is 2. The molecule has 0 bridgehead atoms. The van der Waals surface area contributed by atoms with Gasteiger partial charge in [-0.15, -0.1) is 11.3 Å². The molecule has 1 aromatic carbocycles. The van der Waals surface area contributed by atoms with Crippen LogP contribution in [-0.2, 0) is 13.1 Å². The van der Waals surface area contributed by atoms with Crippen LogP contribution in [0, 0.1) is 5.82 Å². The van der Waals surface area contributed by atoms with Crippen LogP contribution in [0.25, 0.3) is 0 Å². The van der Waals surface area contributed by atoms with E-state index in [4.69, 9.17) is 24.7 Å². The van der Waals surface area contributed by atoms with Crippen molar-refractivity contribution < 1.29 is 27.1 Å². The highest BCUT2D eigenvalue weighted by molar-refractivity contribution is 8.26. The number of halogens is 2. The predicted molar refractivity (Wildman–Crippen MR) is 122 cm³/mol. The molecule has 32 heavy (non-hydrogen) atoms. The third kappa shape index (κ3) is 4.27. The number of nitrogens with one attached hydrogen (secondary N) is 1. The lowest BCUT2D eigenvalue weighted by Gasteiger charge is -2.54. The van der Waals surface area contributed by atoms with Crippen molar-refractivity contribution in [1.82, 2.24) is 5.32 Å². The summed E-state index contributed by atoms with van der Waals surface area (Å²) in [6, 6.07) is 8.02. The molecule has 12 heteroatoms. The van der Waals surface area contributed by atoms with Crippen molar-refractivity contribution in [1.29, 1.82) is 0 Å². The van der Waals surface area contributed by atoms with Crippen LogP contribution in [0.3, 0.4) is 0 Å². The van der Waals surface area contributed by atoms with Gasteiger partial charge in [-0.3, -0.25) is 18.1 Å². The molecule has 1 atom stereocenters. The Morgan fingerprint density at radius 1 is 1.25 bits per heavy atom. The number of rotatable bonds is 5. The van der Waals surface area contributed by atoms with Gasteiger partial charge < -0.3 is 15.0 Å². The number of ether oxygens (including phenoxy) is 1. The Balaban J connectivity index is 1.19. The van der Waals surface area contributed by atoms with Gasteiger partial charge in [-0.1, -0.05) is 11.6 Å². The number of cyclic esters (lactones) is 1. The van der Waals surface area contributed by atoms with Crippen molar-refractivity contribution >= 4 is 56.9 Å². The lowest BCUT2D eigenvalue weighted by molar-refractivity contribution is 0.0459. The standard InChI is InChI=1S/C20H21ClFN3O5S2/c21-18-4-3-17(31-18)19(26)23-10-14-11-25(20(27)30-14)13-1-2-16(15(22)9-13)24-5-7-32(8-6-24)28-12-29-32/h1-4,9,14H,5-8,10-12H2,(H,23,26)/t14-/m0/s1. The van der Waals surface area contributed by atoms with Crippen LogP contribution in [-0.4, -0.2) is 62.6 Å². The molecule has 8 nitrogen and oxygen atoms in total. The molecule has 1 aromatic heterocycles. The number of anilines is 2. The van der Waals surface area contributed by atoms with Gasteiger partial charge in [0.05, 0.1) is 45.2 Å². The maximum absolute atomic E-state index is 14.9. The third-order valence-corrected chi connectivity index (χ3v) is 9.51. The monoisotopic (exact) mass is 501 g/mol. The largest absolute Gasteiger partial charge is 0.442 e. The maximum Gasteiger partial charge on any atom is 0.414 e. The van der Waals surface area contributed by atoms with Gasteiger partial charge in [0.1, 0.15) is 11.9 Å². The Morgan fingerprint density at radius 2 is 2.03 bits per heavy atom. The van der Waals surface area contributed by atoms with Gasteiger partial charge in [-0.2, -0.15) is 10.6 Å². The van der Waals surface area contributed by atoms with E-state index < -0.39 is 28.6 Å². The molecule has 3 fully saturated rings. The molecule has 2 aromatic rings. The van der Waals surface area contributed by atoms with E-state index in [2.05, 4.69) is 5.32 Å². The molecule has 0 radical (unpaired) electrons. The average Bonchev–Trinajstić information content (AvgIpc) is 3.36. The number of hydrogen-bond donors (Lipinski definition) is 1. The van der Waals surface area contributed by atoms with Crippen LogP contribution in [0.15, 0.2) is 30.3 Å². The third-order valence-electron chi connectivity index (χ3n) is 5.62. The molecule has 0 unspecified atom stereocenters. The normalized spacial score (nSPS) is 23.1. The second-order valence-electron chi connectivity index (χ2n) is 7.56. The van der Waals surface area contributed by atoms with Gasteiger partial charge in [0.15, 0.2) is 6.79 Å². The Hall–Kier alpha value is -2.05. The molecule has 4 heterocycles. The van der Waals surface area contributed by atoms with Gasteiger partial charge in [0, 0.05) is 13.1 Å². The van der Waals surface area contributed by atoms with Crippen LogP contribution in [0.5, 0.6) is 0 Å². The molecule has 5 rings (SSSR count). The summed E-state index contributed by atoms with van der Waals surface area (Å²) in [7, 11) is -1.38. The van der Waals surface area contributed by atoms with E-state index >= 15 is 0 Å². The summed E-state index contributed by atoms with van der Waals surface area (Å²) in [5.74, 6) is 0.841. The zero-order valence-corrected chi connectivity index (χ0v) is 19.3. The van der Waals surface area contributed by atoms with Crippen LogP contribution in [0.4, 0.5) is 20.6 Å². The van der Waals surface area contributed by atoms with E-state index in [1.54, 1.807) is 24.3 Å². The zero-order chi connectivity index (χ0) is 22.3. The summed E-state index contributed by atoms with van der Waals surface area (Å²) in [4.78, 5) is 28.3. The van der Waals surface area contributed by atoms with Gasteiger partial charge in [0.25, 0.3) is 5.91 Å². The van der Waals surface area contributed by atoms with E-state index in [1.165, 1.54) is 22.3 Å². The fourth-order valence-electron chi connectivity index (χ4n) is 3.86. The van der Waals surface area contributed by atoms with E-state index in [0.29, 0.717) is 40.5 Å². The maximum atomic E-state index is 14.9. The number of benzene rings is 1. The molecule has 1 spiro atoms. The molecule has 3 saturated heterocycles. The zero-order valence-electron chi connectivity index (χ0n) is 16.9. The Morgan fingerprint density at radius 3 is 2.66 bits per heavy atom. The molecule has 2 amide bonds. The number of amides is 2. The molecule has 0 saturated carbocycles. The van der Waals surface area contributed by atoms with Gasteiger partial charge in [-0.25, -0.2) is 9.18 Å². The molecular weight excluding hydrogens is 481 g/mol. The fourth-order valence-corrected chi connectivity index (χ4v) is 6.86. The number of thiophene rings is 1. The summed E-state index contributed by atoms with van der Waals surface area (Å²) in [5.41, 5.74) is 0.910. The SMILES string of the molecule is O=C(NC[C@H]1CN(c2ccc(N3CCS4(CC3)OCO4)c(F)c2)C(=O)O1)c1ccc(Cl)s1. The van der Waals surface area contributed by atoms with Crippen molar-refractivity contribution in [3.05, 3.63) is 45.4 Å². The quantitative estimate of drug-likeness (QED) is 0.672. The number of carbonyl (C=O) groups excluding carboxylic acids is 2. The van der Waals surface area contributed by atoms with Crippen LogP contribution in [0.2, 0.25) is 4.34 Å². The molecule has 0 aliphatic carbocycles. The highest BCUT2D eigenvalue weighted by Gasteiger charge is 2.36. The summed E-state index contributed by atoms with van der Waals surface area (Å²) in [5, 5.41) is 2.74. The van der Waals surface area contributed by atoms with Gasteiger partial charge in [0.2, 0.25) is 0 Å². The number of hydrogen-bond acceptors (Lipinski definition) is 7. The van der Waals surface area contributed by atoms with E-state index in [-0.39, 0.29) is 19.0 Å². The summed E-state index contributed by atoms with van der Waals surface area (Å²) in [6.07, 6.45) is -1.10. The van der Waals surface area contributed by atoms with E-state index in [1.807, 2.05) is 4.90 Å². The highest BCUT2D eigenvalue weighted by Crippen LogP contribution is 2.58. The molecular formula is C20H21ClFN3O5S2. The molecule has 172 valence electrons. The van der Waals surface area contributed by atoms with Crippen molar-refractivity contribution in [3.63, 3.8) is 0 Å². The second-order valence-corrected chi connectivity index (χ2v) is 12.0. The summed E-state index contributed by atoms with van der Waals surface area (Å²) >= 11 is 7.02. The first-order chi connectivity index (χ1) is 15.4. The first-order valence-electron chi connectivity index (χ1n) is 10.1. The van der Waals surface area contributed by atoms with Gasteiger partial charge in [-0.05, 0) is 30.3 Å². The lowest BCUT2D eigenvalue weighted by Crippen LogP contribution is -2.43.